The number of carbonyl (C=O) groups is 1. The molecule has 0 bridgehead atoms. The van der Waals surface area contributed by atoms with E-state index in [9.17, 15) is 26.4 Å². The van der Waals surface area contributed by atoms with Crippen molar-refractivity contribution in [1.82, 2.24) is 10.1 Å². The molecule has 27 heavy (non-hydrogen) atoms. The van der Waals surface area contributed by atoms with E-state index in [1.54, 1.807) is 0 Å². The molecule has 0 spiro atoms. The Bertz CT molecular complexity index is 944. The predicted molar refractivity (Wildman–Crippen MR) is 94.4 cm³/mol. The van der Waals surface area contributed by atoms with Crippen molar-refractivity contribution in [1.29, 1.82) is 0 Å². The average Bonchev–Trinajstić information content (AvgIpc) is 2.64. The maximum Gasteiger partial charge on any atom is 0.418 e. The lowest BCUT2D eigenvalue weighted by Gasteiger charge is -2.15. The zero-order chi connectivity index (χ0) is 20.1. The smallest absolute Gasteiger partial charge is 0.298 e. The minimum Gasteiger partial charge on any atom is -0.298 e. The second kappa shape index (κ2) is 8.23. The summed E-state index contributed by atoms with van der Waals surface area (Å²) in [6, 6.07) is 9.70. The molecule has 2 aromatic rings. The third-order valence-corrected chi connectivity index (χ3v) is 4.79. The second-order valence-electron chi connectivity index (χ2n) is 5.29. The molecule has 2 rings (SSSR count). The molecule has 0 aliphatic heterocycles. The van der Waals surface area contributed by atoms with E-state index in [1.165, 1.54) is 36.4 Å². The highest BCUT2D eigenvalue weighted by Crippen LogP contribution is 2.34. The molecular weight excluding hydrogens is 383 g/mol. The fraction of sp³-hybridized carbons (Fsp3) is 0.118. The summed E-state index contributed by atoms with van der Waals surface area (Å²) in [5.41, 5.74) is 3.01. The molecule has 0 saturated carbocycles. The molecule has 0 aliphatic carbocycles. The number of sulfonamides is 1. The van der Waals surface area contributed by atoms with Crippen molar-refractivity contribution >= 4 is 21.6 Å². The molecule has 0 aliphatic rings. The van der Waals surface area contributed by atoms with Gasteiger partial charge in [-0.1, -0.05) is 24.3 Å². The van der Waals surface area contributed by atoms with Crippen LogP contribution in [0, 0.1) is 0 Å². The van der Waals surface area contributed by atoms with Gasteiger partial charge in [0.15, 0.2) is 0 Å². The number of halogens is 3. The van der Waals surface area contributed by atoms with Crippen LogP contribution in [-0.4, -0.2) is 20.9 Å². The number of hydrazine groups is 1. The van der Waals surface area contributed by atoms with Gasteiger partial charge in [0.1, 0.15) is 0 Å². The van der Waals surface area contributed by atoms with Crippen LogP contribution in [0.5, 0.6) is 0 Å². The lowest BCUT2D eigenvalue weighted by Crippen LogP contribution is -2.31. The second-order valence-corrected chi connectivity index (χ2v) is 7.06. The highest BCUT2D eigenvalue weighted by atomic mass is 32.2. The molecule has 0 heterocycles. The van der Waals surface area contributed by atoms with Gasteiger partial charge in [0.05, 0.1) is 16.1 Å². The van der Waals surface area contributed by atoms with E-state index in [4.69, 9.17) is 0 Å². The van der Waals surface area contributed by atoms with Gasteiger partial charge < -0.3 is 0 Å². The molecule has 0 radical (unpaired) electrons. The van der Waals surface area contributed by atoms with Crippen molar-refractivity contribution in [3.63, 3.8) is 0 Å². The highest BCUT2D eigenvalue weighted by molar-refractivity contribution is 7.89. The zero-order valence-electron chi connectivity index (χ0n) is 13.9. The molecule has 10 heteroatoms. The SMILES string of the molecule is C=CCNS(=O)(=O)c1cccc(C(=O)NNc2ccccc2C(F)(F)F)c1. The van der Waals surface area contributed by atoms with Crippen molar-refractivity contribution in [3.8, 4) is 0 Å². The van der Waals surface area contributed by atoms with Crippen LogP contribution in [-0.2, 0) is 16.2 Å². The number of hydrogen-bond acceptors (Lipinski definition) is 4. The van der Waals surface area contributed by atoms with E-state index in [-0.39, 0.29) is 22.7 Å². The number of nitrogens with one attached hydrogen (secondary N) is 3. The maximum absolute atomic E-state index is 12.9. The third-order valence-electron chi connectivity index (χ3n) is 3.37. The molecule has 1 amide bonds. The van der Waals surface area contributed by atoms with E-state index in [0.717, 1.165) is 18.2 Å². The Morgan fingerprint density at radius 2 is 1.81 bits per heavy atom. The van der Waals surface area contributed by atoms with Gasteiger partial charge in [-0.15, -0.1) is 6.58 Å². The number of carbonyl (C=O) groups excluding carboxylic acids is 1. The normalized spacial score (nSPS) is 11.7. The molecule has 0 aromatic heterocycles. The van der Waals surface area contributed by atoms with Gasteiger partial charge in [0.2, 0.25) is 10.0 Å². The van der Waals surface area contributed by atoms with E-state index in [1.807, 2.05) is 0 Å². The lowest BCUT2D eigenvalue weighted by atomic mass is 10.2. The fourth-order valence-corrected chi connectivity index (χ4v) is 3.14. The van der Waals surface area contributed by atoms with Gasteiger partial charge in [-0.2, -0.15) is 13.2 Å². The third kappa shape index (κ3) is 5.31. The Labute approximate surface area is 154 Å². The number of alkyl halides is 3. The fourth-order valence-electron chi connectivity index (χ4n) is 2.09. The minimum atomic E-state index is -4.60. The van der Waals surface area contributed by atoms with Crippen LogP contribution in [0.4, 0.5) is 18.9 Å². The van der Waals surface area contributed by atoms with Gasteiger partial charge in [0, 0.05) is 12.1 Å². The summed E-state index contributed by atoms with van der Waals surface area (Å²) in [6.45, 7) is 3.41. The van der Waals surface area contributed by atoms with E-state index >= 15 is 0 Å². The molecular formula is C17H16F3N3O3S. The molecule has 0 atom stereocenters. The predicted octanol–water partition coefficient (Wildman–Crippen LogP) is 2.93. The first-order chi connectivity index (χ1) is 12.6. The van der Waals surface area contributed by atoms with Crippen LogP contribution in [0.1, 0.15) is 15.9 Å². The first-order valence-corrected chi connectivity index (χ1v) is 9.06. The van der Waals surface area contributed by atoms with Crippen LogP contribution in [0.2, 0.25) is 0 Å². The summed E-state index contributed by atoms with van der Waals surface area (Å²) in [5, 5.41) is 0. The van der Waals surface area contributed by atoms with Crippen LogP contribution in [0.15, 0.2) is 66.1 Å². The molecule has 0 saturated heterocycles. The molecule has 6 nitrogen and oxygen atoms in total. The number of hydrogen-bond donors (Lipinski definition) is 3. The zero-order valence-corrected chi connectivity index (χ0v) is 14.7. The Morgan fingerprint density at radius 1 is 1.11 bits per heavy atom. The Hall–Kier alpha value is -2.85. The van der Waals surface area contributed by atoms with Gasteiger partial charge in [-0.3, -0.25) is 15.6 Å². The van der Waals surface area contributed by atoms with Crippen LogP contribution < -0.4 is 15.6 Å². The molecule has 2 aromatic carbocycles. The topological polar surface area (TPSA) is 87.3 Å². The largest absolute Gasteiger partial charge is 0.418 e. The van der Waals surface area contributed by atoms with Gasteiger partial charge in [-0.05, 0) is 30.3 Å². The standard InChI is InChI=1S/C17H16F3N3O3S/c1-2-10-21-27(25,26)13-7-5-6-12(11-13)16(24)23-22-15-9-4-3-8-14(15)17(18,19)20/h2-9,11,21-22H,1,10H2,(H,23,24). The summed E-state index contributed by atoms with van der Waals surface area (Å²) >= 11 is 0. The summed E-state index contributed by atoms with van der Waals surface area (Å²) < 4.78 is 65.2. The monoisotopic (exact) mass is 399 g/mol. The number of benzene rings is 2. The van der Waals surface area contributed by atoms with Gasteiger partial charge in [-0.25, -0.2) is 13.1 Å². The summed E-state index contributed by atoms with van der Waals surface area (Å²) in [4.78, 5) is 12.0. The maximum atomic E-state index is 12.9. The van der Waals surface area contributed by atoms with E-state index in [2.05, 4.69) is 22.2 Å². The van der Waals surface area contributed by atoms with Crippen molar-refractivity contribution in [2.75, 3.05) is 12.0 Å². The number of para-hydroxylation sites is 1. The van der Waals surface area contributed by atoms with Gasteiger partial charge >= 0.3 is 6.18 Å². The lowest BCUT2D eigenvalue weighted by molar-refractivity contribution is -0.137. The molecule has 3 N–H and O–H groups in total. The number of anilines is 1. The van der Waals surface area contributed by atoms with Crippen LogP contribution in [0.25, 0.3) is 0 Å². The average molecular weight is 399 g/mol. The van der Waals surface area contributed by atoms with Crippen LogP contribution >= 0.6 is 0 Å². The molecule has 0 unspecified atom stereocenters. The van der Waals surface area contributed by atoms with Crippen molar-refractivity contribution < 1.29 is 26.4 Å². The minimum absolute atomic E-state index is 0.00847. The van der Waals surface area contributed by atoms with Crippen molar-refractivity contribution in [2.24, 2.45) is 0 Å². The van der Waals surface area contributed by atoms with E-state index < -0.39 is 27.7 Å². The summed E-state index contributed by atoms with van der Waals surface area (Å²) in [5.74, 6) is -0.798. The number of rotatable bonds is 7. The Kier molecular flexibility index (Phi) is 6.24. The van der Waals surface area contributed by atoms with E-state index in [0.29, 0.717) is 0 Å². The summed E-state index contributed by atoms with van der Waals surface area (Å²) in [7, 11) is -3.84. The van der Waals surface area contributed by atoms with Crippen molar-refractivity contribution in [2.45, 2.75) is 11.1 Å². The molecule has 144 valence electrons. The summed E-state index contributed by atoms with van der Waals surface area (Å²) in [6.07, 6.45) is -3.24. The van der Waals surface area contributed by atoms with Crippen molar-refractivity contribution in [3.05, 3.63) is 72.3 Å². The quantitative estimate of drug-likeness (QED) is 0.494. The first-order valence-electron chi connectivity index (χ1n) is 7.58. The van der Waals surface area contributed by atoms with Crippen LogP contribution in [0.3, 0.4) is 0 Å². The first kappa shape index (κ1) is 20.5. The Morgan fingerprint density at radius 3 is 2.48 bits per heavy atom. The van der Waals surface area contributed by atoms with Gasteiger partial charge in [0.25, 0.3) is 5.91 Å². The highest BCUT2D eigenvalue weighted by Gasteiger charge is 2.33. The number of amides is 1. The molecule has 0 fully saturated rings. The Balaban J connectivity index is 2.16.